The van der Waals surface area contributed by atoms with Crippen LogP contribution in [0.15, 0.2) is 34.7 Å². The molecule has 1 amide bonds. The molecule has 1 heterocycles. The van der Waals surface area contributed by atoms with Crippen LogP contribution in [0.2, 0.25) is 0 Å². The van der Waals surface area contributed by atoms with Crippen LogP contribution in [0.3, 0.4) is 0 Å². The van der Waals surface area contributed by atoms with E-state index >= 15 is 0 Å². The minimum Gasteiger partial charge on any atom is -0.497 e. The van der Waals surface area contributed by atoms with Crippen molar-refractivity contribution in [2.75, 3.05) is 27.7 Å². The van der Waals surface area contributed by atoms with E-state index in [1.165, 1.54) is 0 Å². The molecule has 2 aromatic rings. The van der Waals surface area contributed by atoms with Gasteiger partial charge in [0.2, 0.25) is 0 Å². The Morgan fingerprint density at radius 2 is 1.91 bits per heavy atom. The highest BCUT2D eigenvalue weighted by Gasteiger charge is 2.18. The Balaban J connectivity index is 2.07. The number of nitrogens with zero attached hydrogens (tertiary/aromatic N) is 1. The van der Waals surface area contributed by atoms with Crippen molar-refractivity contribution in [3.63, 3.8) is 0 Å². The van der Waals surface area contributed by atoms with Crippen molar-refractivity contribution in [1.29, 1.82) is 0 Å². The molecule has 0 fully saturated rings. The number of ether oxygens (including phenoxy) is 1. The average molecular weight is 316 g/mol. The van der Waals surface area contributed by atoms with Gasteiger partial charge in [-0.25, -0.2) is 0 Å². The van der Waals surface area contributed by atoms with Gasteiger partial charge in [0.25, 0.3) is 5.91 Å². The van der Waals surface area contributed by atoms with Gasteiger partial charge in [-0.05, 0) is 51.7 Å². The van der Waals surface area contributed by atoms with Crippen LogP contribution < -0.4 is 10.1 Å². The fourth-order valence-electron chi connectivity index (χ4n) is 2.57. The van der Waals surface area contributed by atoms with Gasteiger partial charge in [0.05, 0.1) is 18.7 Å². The highest BCUT2D eigenvalue weighted by molar-refractivity contribution is 5.95. The fourth-order valence-corrected chi connectivity index (χ4v) is 2.57. The van der Waals surface area contributed by atoms with E-state index in [2.05, 4.69) is 10.2 Å². The number of aryl methyl sites for hydroxylation is 2. The second-order valence-electron chi connectivity index (χ2n) is 5.79. The van der Waals surface area contributed by atoms with E-state index in [4.69, 9.17) is 9.15 Å². The highest BCUT2D eigenvalue weighted by Crippen LogP contribution is 2.21. The number of rotatable bonds is 6. The quantitative estimate of drug-likeness (QED) is 0.890. The molecule has 2 rings (SSSR count). The first kappa shape index (κ1) is 17.1. The van der Waals surface area contributed by atoms with Gasteiger partial charge < -0.3 is 19.4 Å². The number of furan rings is 1. The van der Waals surface area contributed by atoms with Crippen LogP contribution in [-0.4, -0.2) is 38.6 Å². The largest absolute Gasteiger partial charge is 0.497 e. The molecule has 23 heavy (non-hydrogen) atoms. The Labute approximate surface area is 137 Å². The summed E-state index contributed by atoms with van der Waals surface area (Å²) < 4.78 is 10.6. The van der Waals surface area contributed by atoms with Gasteiger partial charge in [-0.15, -0.1) is 0 Å². The molecule has 0 bridgehead atoms. The predicted octanol–water partition coefficient (Wildman–Crippen LogP) is 2.94. The smallest absolute Gasteiger partial charge is 0.254 e. The topological polar surface area (TPSA) is 54.7 Å². The lowest BCUT2D eigenvalue weighted by molar-refractivity contribution is 0.0940. The maximum Gasteiger partial charge on any atom is 0.254 e. The molecule has 5 nitrogen and oxygen atoms in total. The Morgan fingerprint density at radius 1 is 1.26 bits per heavy atom. The number of carbonyl (C=O) groups is 1. The van der Waals surface area contributed by atoms with Gasteiger partial charge in [0.15, 0.2) is 0 Å². The number of likely N-dealkylation sites (N-methyl/N-ethyl adjacent to an activating group) is 1. The van der Waals surface area contributed by atoms with Crippen LogP contribution in [0, 0.1) is 13.8 Å². The molecule has 1 unspecified atom stereocenters. The second-order valence-corrected chi connectivity index (χ2v) is 5.79. The molecule has 1 atom stereocenters. The lowest BCUT2D eigenvalue weighted by Crippen LogP contribution is -2.34. The minimum atomic E-state index is -0.111. The zero-order chi connectivity index (χ0) is 17.0. The summed E-state index contributed by atoms with van der Waals surface area (Å²) in [6.07, 6.45) is 0. The van der Waals surface area contributed by atoms with E-state index in [1.807, 2.05) is 45.3 Å². The van der Waals surface area contributed by atoms with Gasteiger partial charge >= 0.3 is 0 Å². The normalized spacial score (nSPS) is 12.3. The van der Waals surface area contributed by atoms with Gasteiger partial charge in [-0.1, -0.05) is 12.1 Å². The molecule has 0 aliphatic heterocycles. The van der Waals surface area contributed by atoms with Crippen LogP contribution in [0.4, 0.5) is 0 Å². The summed E-state index contributed by atoms with van der Waals surface area (Å²) in [7, 11) is 5.64. The summed E-state index contributed by atoms with van der Waals surface area (Å²) in [6, 6.07) is 9.74. The number of carbonyl (C=O) groups excluding carboxylic acids is 1. The summed E-state index contributed by atoms with van der Waals surface area (Å²) in [4.78, 5) is 14.4. The summed E-state index contributed by atoms with van der Waals surface area (Å²) in [5.41, 5.74) is 1.71. The molecule has 0 radical (unpaired) electrons. The molecule has 5 heteroatoms. The van der Waals surface area contributed by atoms with E-state index in [1.54, 1.807) is 20.1 Å². The number of methoxy groups -OCH3 is 1. The lowest BCUT2D eigenvalue weighted by Gasteiger charge is -2.25. The first-order valence-electron chi connectivity index (χ1n) is 7.58. The molecule has 1 aromatic heterocycles. The van der Waals surface area contributed by atoms with Gasteiger partial charge in [-0.2, -0.15) is 0 Å². The van der Waals surface area contributed by atoms with E-state index in [-0.39, 0.29) is 11.9 Å². The maximum atomic E-state index is 12.3. The lowest BCUT2D eigenvalue weighted by atomic mass is 10.1. The van der Waals surface area contributed by atoms with Gasteiger partial charge in [0, 0.05) is 6.54 Å². The molecule has 0 saturated carbocycles. The van der Waals surface area contributed by atoms with E-state index in [0.29, 0.717) is 17.9 Å². The van der Waals surface area contributed by atoms with Crippen LogP contribution in [0.1, 0.15) is 33.5 Å². The minimum absolute atomic E-state index is 0.0816. The number of nitrogens with one attached hydrogen (secondary N) is 1. The molecule has 0 aliphatic rings. The van der Waals surface area contributed by atoms with Crippen molar-refractivity contribution in [3.05, 3.63) is 53.0 Å². The summed E-state index contributed by atoms with van der Waals surface area (Å²) in [5, 5.41) is 2.99. The van der Waals surface area contributed by atoms with Crippen LogP contribution >= 0.6 is 0 Å². The summed E-state index contributed by atoms with van der Waals surface area (Å²) in [5.74, 6) is 2.09. The second kappa shape index (κ2) is 7.33. The fraction of sp³-hybridized carbons (Fsp3) is 0.389. The zero-order valence-corrected chi connectivity index (χ0v) is 14.3. The molecule has 0 aliphatic carbocycles. The summed E-state index contributed by atoms with van der Waals surface area (Å²) >= 11 is 0. The maximum absolute atomic E-state index is 12.3. The van der Waals surface area contributed by atoms with E-state index in [0.717, 1.165) is 17.1 Å². The van der Waals surface area contributed by atoms with Crippen molar-refractivity contribution >= 4 is 5.91 Å². The van der Waals surface area contributed by atoms with Gasteiger partial charge in [-0.3, -0.25) is 4.79 Å². The zero-order valence-electron chi connectivity index (χ0n) is 14.3. The first-order chi connectivity index (χ1) is 10.9. The molecular weight excluding hydrogens is 292 g/mol. The van der Waals surface area contributed by atoms with Crippen molar-refractivity contribution in [1.82, 2.24) is 10.2 Å². The third-order valence-electron chi connectivity index (χ3n) is 3.87. The number of hydrogen-bond donors (Lipinski definition) is 1. The highest BCUT2D eigenvalue weighted by atomic mass is 16.5. The van der Waals surface area contributed by atoms with E-state index < -0.39 is 0 Å². The van der Waals surface area contributed by atoms with Crippen LogP contribution in [-0.2, 0) is 0 Å². The molecule has 124 valence electrons. The third kappa shape index (κ3) is 4.13. The molecule has 1 aromatic carbocycles. The SMILES string of the molecule is COc1ccc(C(CNC(=O)c2cc(C)oc2C)N(C)C)cc1. The summed E-state index contributed by atoms with van der Waals surface area (Å²) in [6.45, 7) is 4.15. The van der Waals surface area contributed by atoms with Crippen molar-refractivity contribution in [2.45, 2.75) is 19.9 Å². The Bertz CT molecular complexity index is 659. The molecule has 0 spiro atoms. The Kier molecular flexibility index (Phi) is 5.45. The Hall–Kier alpha value is -2.27. The number of amides is 1. The standard InChI is InChI=1S/C18H24N2O3/c1-12-10-16(13(2)23-12)18(21)19-11-17(20(3)4)14-6-8-15(22-5)9-7-14/h6-10,17H,11H2,1-5H3,(H,19,21). The van der Waals surface area contributed by atoms with Crippen molar-refractivity contribution in [3.8, 4) is 5.75 Å². The van der Waals surface area contributed by atoms with Gasteiger partial charge in [0.1, 0.15) is 17.3 Å². The van der Waals surface area contributed by atoms with E-state index in [9.17, 15) is 4.79 Å². The first-order valence-corrected chi connectivity index (χ1v) is 7.58. The molecule has 0 saturated heterocycles. The van der Waals surface area contributed by atoms with Crippen LogP contribution in [0.25, 0.3) is 0 Å². The third-order valence-corrected chi connectivity index (χ3v) is 3.87. The Morgan fingerprint density at radius 3 is 2.39 bits per heavy atom. The van der Waals surface area contributed by atoms with Crippen LogP contribution in [0.5, 0.6) is 5.75 Å². The average Bonchev–Trinajstić information content (AvgIpc) is 2.86. The predicted molar refractivity (Wildman–Crippen MR) is 89.9 cm³/mol. The number of benzene rings is 1. The molecular formula is C18H24N2O3. The van der Waals surface area contributed by atoms with Crippen molar-refractivity contribution in [2.24, 2.45) is 0 Å². The van der Waals surface area contributed by atoms with Crippen molar-refractivity contribution < 1.29 is 13.9 Å². The monoisotopic (exact) mass is 316 g/mol. The number of hydrogen-bond acceptors (Lipinski definition) is 4. The molecule has 1 N–H and O–H groups in total.